The Kier molecular flexibility index (Phi) is 7.38. The molecule has 164 valence electrons. The first-order chi connectivity index (χ1) is 15.0. The minimum absolute atomic E-state index is 0.173. The number of benzene rings is 2. The number of anilines is 2. The van der Waals surface area contributed by atoms with Gasteiger partial charge in [-0.1, -0.05) is 24.3 Å². The van der Waals surface area contributed by atoms with Crippen LogP contribution >= 0.6 is 0 Å². The summed E-state index contributed by atoms with van der Waals surface area (Å²) in [6.07, 6.45) is 1.39. The number of carbonyl (C=O) groups is 3. The molecule has 0 aromatic heterocycles. The van der Waals surface area contributed by atoms with E-state index >= 15 is 0 Å². The van der Waals surface area contributed by atoms with Crippen molar-refractivity contribution in [2.45, 2.75) is 25.8 Å². The lowest BCUT2D eigenvalue weighted by Crippen LogP contribution is -2.39. The molecule has 0 saturated heterocycles. The zero-order chi connectivity index (χ0) is 22.4. The molecule has 8 nitrogen and oxygen atoms in total. The SMILES string of the molecule is C[C@@H](N)C(=O)NCCCNc1ccc(NCCCN)c2c1C(=O)c1ccccc1C2=O. The summed E-state index contributed by atoms with van der Waals surface area (Å²) in [7, 11) is 0. The Bertz CT molecular complexity index is 987. The Labute approximate surface area is 181 Å². The van der Waals surface area contributed by atoms with Crippen LogP contribution in [-0.4, -0.2) is 49.7 Å². The first-order valence-corrected chi connectivity index (χ1v) is 10.5. The van der Waals surface area contributed by atoms with Crippen LogP contribution in [-0.2, 0) is 4.79 Å². The highest BCUT2D eigenvalue weighted by Crippen LogP contribution is 2.36. The van der Waals surface area contributed by atoms with Gasteiger partial charge in [0.1, 0.15) is 0 Å². The number of ketones is 2. The van der Waals surface area contributed by atoms with E-state index in [9.17, 15) is 14.4 Å². The van der Waals surface area contributed by atoms with Crippen molar-refractivity contribution in [3.8, 4) is 0 Å². The lowest BCUT2D eigenvalue weighted by Gasteiger charge is -2.24. The van der Waals surface area contributed by atoms with Gasteiger partial charge in [0.2, 0.25) is 5.91 Å². The summed E-state index contributed by atoms with van der Waals surface area (Å²) in [5.41, 5.74) is 13.9. The molecule has 1 aliphatic carbocycles. The molecule has 2 aromatic carbocycles. The van der Waals surface area contributed by atoms with Crippen LogP contribution < -0.4 is 27.4 Å². The number of nitrogens with two attached hydrogens (primary N) is 2. The second kappa shape index (κ2) is 10.2. The van der Waals surface area contributed by atoms with Crippen LogP contribution in [0.5, 0.6) is 0 Å². The molecule has 0 bridgehead atoms. The van der Waals surface area contributed by atoms with Crippen LogP contribution in [0, 0.1) is 0 Å². The predicted octanol–water partition coefficient (Wildman–Crippen LogP) is 1.49. The van der Waals surface area contributed by atoms with Gasteiger partial charge in [-0.15, -0.1) is 0 Å². The van der Waals surface area contributed by atoms with E-state index < -0.39 is 6.04 Å². The predicted molar refractivity (Wildman–Crippen MR) is 122 cm³/mol. The van der Waals surface area contributed by atoms with Gasteiger partial charge < -0.3 is 27.4 Å². The number of fused-ring (bicyclic) bond motifs is 2. The largest absolute Gasteiger partial charge is 0.384 e. The summed E-state index contributed by atoms with van der Waals surface area (Å²) < 4.78 is 0. The second-order valence-electron chi connectivity index (χ2n) is 7.54. The molecule has 0 saturated carbocycles. The molecule has 1 amide bonds. The van der Waals surface area contributed by atoms with Crippen molar-refractivity contribution in [3.63, 3.8) is 0 Å². The van der Waals surface area contributed by atoms with Gasteiger partial charge in [-0.25, -0.2) is 0 Å². The lowest BCUT2D eigenvalue weighted by molar-refractivity contribution is -0.121. The van der Waals surface area contributed by atoms with Gasteiger partial charge in [0.15, 0.2) is 11.6 Å². The third kappa shape index (κ3) is 4.92. The van der Waals surface area contributed by atoms with E-state index in [1.54, 1.807) is 31.2 Å². The molecule has 31 heavy (non-hydrogen) atoms. The Morgan fingerprint density at radius 1 is 0.871 bits per heavy atom. The fraction of sp³-hybridized carbons (Fsp3) is 0.348. The number of rotatable bonds is 10. The standard InChI is InChI=1S/C23H29N5O3/c1-14(25)23(31)28-13-5-12-27-18-9-8-17(26-11-4-10-24)19-20(18)22(30)16-7-3-2-6-15(16)21(19)29/h2-3,6-9,14,26-27H,4-5,10-13,24-25H2,1H3,(H,28,31)/t14-/m1/s1. The average molecular weight is 424 g/mol. The summed E-state index contributed by atoms with van der Waals surface area (Å²) in [5.74, 6) is -0.559. The molecule has 0 spiro atoms. The quantitative estimate of drug-likeness (QED) is 0.311. The topological polar surface area (TPSA) is 139 Å². The van der Waals surface area contributed by atoms with Crippen molar-refractivity contribution in [2.75, 3.05) is 36.8 Å². The van der Waals surface area contributed by atoms with Crippen LogP contribution in [0.4, 0.5) is 11.4 Å². The first-order valence-electron chi connectivity index (χ1n) is 10.5. The van der Waals surface area contributed by atoms with E-state index in [2.05, 4.69) is 16.0 Å². The van der Waals surface area contributed by atoms with Gasteiger partial charge in [0.05, 0.1) is 17.2 Å². The average Bonchev–Trinajstić information content (AvgIpc) is 2.77. The molecule has 7 N–H and O–H groups in total. The highest BCUT2D eigenvalue weighted by molar-refractivity contribution is 6.31. The molecule has 0 heterocycles. The summed E-state index contributed by atoms with van der Waals surface area (Å²) in [5, 5.41) is 9.24. The number of hydrogen-bond acceptors (Lipinski definition) is 7. The molecule has 0 fully saturated rings. The van der Waals surface area contributed by atoms with Crippen molar-refractivity contribution >= 4 is 28.8 Å². The fourth-order valence-electron chi connectivity index (χ4n) is 3.53. The Hall–Kier alpha value is -3.23. The van der Waals surface area contributed by atoms with Crippen molar-refractivity contribution < 1.29 is 14.4 Å². The Morgan fingerprint density at radius 3 is 1.87 bits per heavy atom. The third-order valence-corrected chi connectivity index (χ3v) is 5.15. The highest BCUT2D eigenvalue weighted by atomic mass is 16.2. The minimum atomic E-state index is -0.553. The number of hydrogen-bond donors (Lipinski definition) is 5. The van der Waals surface area contributed by atoms with Crippen molar-refractivity contribution in [1.82, 2.24) is 5.32 Å². The Morgan fingerprint density at radius 2 is 1.39 bits per heavy atom. The summed E-state index contributed by atoms with van der Waals surface area (Å²) in [6, 6.07) is 9.95. The Balaban J connectivity index is 1.84. The smallest absolute Gasteiger partial charge is 0.236 e. The summed E-state index contributed by atoms with van der Waals surface area (Å²) in [4.78, 5) is 38.1. The lowest BCUT2D eigenvalue weighted by atomic mass is 9.82. The molecular weight excluding hydrogens is 394 g/mol. The van der Waals surface area contributed by atoms with Crippen molar-refractivity contribution in [2.24, 2.45) is 11.5 Å². The van der Waals surface area contributed by atoms with Crippen molar-refractivity contribution in [3.05, 3.63) is 58.7 Å². The van der Waals surface area contributed by atoms with Crippen molar-refractivity contribution in [1.29, 1.82) is 0 Å². The monoisotopic (exact) mass is 423 g/mol. The molecule has 1 aliphatic rings. The summed E-state index contributed by atoms with van der Waals surface area (Å²) >= 11 is 0. The maximum atomic E-state index is 13.3. The molecule has 8 heteroatoms. The molecule has 0 aliphatic heterocycles. The van der Waals surface area contributed by atoms with E-state index in [1.807, 2.05) is 12.1 Å². The molecule has 2 aromatic rings. The maximum absolute atomic E-state index is 13.3. The second-order valence-corrected chi connectivity index (χ2v) is 7.54. The minimum Gasteiger partial charge on any atom is -0.384 e. The fourth-order valence-corrected chi connectivity index (χ4v) is 3.53. The van der Waals surface area contributed by atoms with E-state index in [-0.39, 0.29) is 17.5 Å². The van der Waals surface area contributed by atoms with Gasteiger partial charge in [0, 0.05) is 42.1 Å². The van der Waals surface area contributed by atoms with Crippen LogP contribution in [0.25, 0.3) is 0 Å². The van der Waals surface area contributed by atoms with Crippen LogP contribution in [0.2, 0.25) is 0 Å². The number of nitrogens with one attached hydrogen (secondary N) is 3. The van der Waals surface area contributed by atoms with E-state index in [1.165, 1.54) is 0 Å². The number of amides is 1. The third-order valence-electron chi connectivity index (χ3n) is 5.15. The molecule has 3 rings (SSSR count). The first kappa shape index (κ1) is 22.5. The van der Waals surface area contributed by atoms with E-state index in [0.29, 0.717) is 66.2 Å². The zero-order valence-electron chi connectivity index (χ0n) is 17.7. The zero-order valence-corrected chi connectivity index (χ0v) is 17.7. The molecule has 1 atom stereocenters. The van der Waals surface area contributed by atoms with Gasteiger partial charge in [0.25, 0.3) is 0 Å². The van der Waals surface area contributed by atoms with Gasteiger partial charge in [-0.2, -0.15) is 0 Å². The highest BCUT2D eigenvalue weighted by Gasteiger charge is 2.33. The van der Waals surface area contributed by atoms with Crippen LogP contribution in [0.15, 0.2) is 36.4 Å². The molecule has 0 unspecified atom stereocenters. The molecular formula is C23H29N5O3. The van der Waals surface area contributed by atoms with Gasteiger partial charge >= 0.3 is 0 Å². The molecule has 0 radical (unpaired) electrons. The normalized spacial score (nSPS) is 13.3. The summed E-state index contributed by atoms with van der Waals surface area (Å²) in [6.45, 7) is 3.75. The van der Waals surface area contributed by atoms with Crippen LogP contribution in [0.3, 0.4) is 0 Å². The van der Waals surface area contributed by atoms with Gasteiger partial charge in [-0.3, -0.25) is 14.4 Å². The number of carbonyl (C=O) groups excluding carboxylic acids is 3. The maximum Gasteiger partial charge on any atom is 0.236 e. The van der Waals surface area contributed by atoms with Crippen LogP contribution in [0.1, 0.15) is 51.6 Å². The van der Waals surface area contributed by atoms with E-state index in [0.717, 1.165) is 6.42 Å². The van der Waals surface area contributed by atoms with E-state index in [4.69, 9.17) is 11.5 Å². The van der Waals surface area contributed by atoms with Gasteiger partial charge in [-0.05, 0) is 38.4 Å².